The molecule has 0 fully saturated rings. The number of carbonyl (C=O) groups is 1. The summed E-state index contributed by atoms with van der Waals surface area (Å²) in [6.07, 6.45) is 1.13. The van der Waals surface area contributed by atoms with Gasteiger partial charge in [-0.15, -0.1) is 0 Å². The molecule has 2 rings (SSSR count). The molecule has 0 spiro atoms. The molecule has 1 aromatic carbocycles. The number of rotatable bonds is 2. The molecule has 5 heteroatoms. The number of aromatic nitrogens is 1. The third kappa shape index (κ3) is 1.99. The summed E-state index contributed by atoms with van der Waals surface area (Å²) in [6.45, 7) is 1.97. The van der Waals surface area contributed by atoms with Gasteiger partial charge in [0.25, 0.3) is 0 Å². The quantitative estimate of drug-likeness (QED) is 0.919. The average molecular weight is 282 g/mol. The fourth-order valence-corrected chi connectivity index (χ4v) is 1.95. The van der Waals surface area contributed by atoms with E-state index in [-0.39, 0.29) is 5.69 Å². The molecule has 0 atom stereocenters. The second-order valence-electron chi connectivity index (χ2n) is 3.33. The van der Waals surface area contributed by atoms with Crippen LogP contribution < -0.4 is 0 Å². The highest BCUT2D eigenvalue weighted by Gasteiger charge is 2.13. The van der Waals surface area contributed by atoms with Gasteiger partial charge in [0.2, 0.25) is 5.89 Å². The summed E-state index contributed by atoms with van der Waals surface area (Å²) in [5.74, 6) is -0.803. The van der Waals surface area contributed by atoms with Crippen LogP contribution in [0.2, 0.25) is 0 Å². The van der Waals surface area contributed by atoms with Crippen molar-refractivity contribution in [3.05, 3.63) is 40.2 Å². The van der Waals surface area contributed by atoms with Crippen molar-refractivity contribution in [2.24, 2.45) is 0 Å². The maximum atomic E-state index is 10.7. The van der Waals surface area contributed by atoms with Crippen LogP contribution in [0.5, 0.6) is 0 Å². The van der Waals surface area contributed by atoms with Gasteiger partial charge in [0.15, 0.2) is 5.69 Å². The van der Waals surface area contributed by atoms with Crippen LogP contribution in [0.4, 0.5) is 0 Å². The second kappa shape index (κ2) is 4.09. The van der Waals surface area contributed by atoms with Crippen LogP contribution in [0.1, 0.15) is 16.1 Å². The van der Waals surface area contributed by atoms with Gasteiger partial charge in [-0.05, 0) is 40.5 Å². The zero-order chi connectivity index (χ0) is 11.7. The Kier molecular flexibility index (Phi) is 2.78. The summed E-state index contributed by atoms with van der Waals surface area (Å²) in [7, 11) is 0. The van der Waals surface area contributed by atoms with Gasteiger partial charge in [0.1, 0.15) is 6.26 Å². The third-order valence-electron chi connectivity index (χ3n) is 2.08. The van der Waals surface area contributed by atoms with E-state index < -0.39 is 5.97 Å². The van der Waals surface area contributed by atoms with Crippen LogP contribution >= 0.6 is 15.9 Å². The molecule has 0 saturated heterocycles. The molecule has 1 heterocycles. The number of hydrogen-bond acceptors (Lipinski definition) is 3. The molecule has 0 aliphatic rings. The van der Waals surface area contributed by atoms with Gasteiger partial charge in [0, 0.05) is 4.47 Å². The Labute approximate surface area is 100 Å². The first-order valence-corrected chi connectivity index (χ1v) is 5.32. The van der Waals surface area contributed by atoms with Crippen LogP contribution in [0.25, 0.3) is 11.5 Å². The van der Waals surface area contributed by atoms with Crippen molar-refractivity contribution in [1.82, 2.24) is 4.98 Å². The number of aryl methyl sites for hydroxylation is 1. The van der Waals surface area contributed by atoms with Gasteiger partial charge >= 0.3 is 5.97 Å². The maximum absolute atomic E-state index is 10.7. The zero-order valence-electron chi connectivity index (χ0n) is 8.40. The molecule has 0 aliphatic carbocycles. The topological polar surface area (TPSA) is 63.3 Å². The number of carboxylic acids is 1. The SMILES string of the molecule is Cc1ccc(-c2nc(C(=O)O)co2)c(Br)c1. The molecule has 1 N–H and O–H groups in total. The van der Waals surface area contributed by atoms with Crippen molar-refractivity contribution in [3.63, 3.8) is 0 Å². The predicted octanol–water partition coefficient (Wildman–Crippen LogP) is 3.11. The normalized spacial score (nSPS) is 10.4. The number of oxazole rings is 1. The molecule has 2 aromatic rings. The molecule has 0 saturated carbocycles. The van der Waals surface area contributed by atoms with E-state index in [1.54, 1.807) is 0 Å². The Morgan fingerprint density at radius 3 is 2.81 bits per heavy atom. The van der Waals surface area contributed by atoms with E-state index in [4.69, 9.17) is 9.52 Å². The van der Waals surface area contributed by atoms with E-state index in [2.05, 4.69) is 20.9 Å². The number of halogens is 1. The van der Waals surface area contributed by atoms with Crippen molar-refractivity contribution < 1.29 is 14.3 Å². The molecule has 4 nitrogen and oxygen atoms in total. The Bertz CT molecular complexity index is 548. The van der Waals surface area contributed by atoms with Crippen LogP contribution in [0, 0.1) is 6.92 Å². The Morgan fingerprint density at radius 1 is 1.50 bits per heavy atom. The minimum Gasteiger partial charge on any atom is -0.476 e. The van der Waals surface area contributed by atoms with E-state index in [9.17, 15) is 4.79 Å². The maximum Gasteiger partial charge on any atom is 0.357 e. The summed E-state index contributed by atoms with van der Waals surface area (Å²) in [4.78, 5) is 14.5. The fourth-order valence-electron chi connectivity index (χ4n) is 1.29. The van der Waals surface area contributed by atoms with Gasteiger partial charge in [0.05, 0.1) is 5.56 Å². The summed E-state index contributed by atoms with van der Waals surface area (Å²) in [6, 6.07) is 5.65. The number of aromatic carboxylic acids is 1. The summed E-state index contributed by atoms with van der Waals surface area (Å²) in [5, 5.41) is 8.72. The van der Waals surface area contributed by atoms with Gasteiger partial charge < -0.3 is 9.52 Å². The van der Waals surface area contributed by atoms with Crippen molar-refractivity contribution in [1.29, 1.82) is 0 Å². The molecule has 1 aromatic heterocycles. The van der Waals surface area contributed by atoms with Crippen LogP contribution in [0.3, 0.4) is 0 Å². The highest BCUT2D eigenvalue weighted by Crippen LogP contribution is 2.28. The van der Waals surface area contributed by atoms with Gasteiger partial charge in [-0.25, -0.2) is 9.78 Å². The Hall–Kier alpha value is -1.62. The molecular formula is C11H8BrNO3. The minimum atomic E-state index is -1.10. The molecule has 0 radical (unpaired) electrons. The first-order valence-electron chi connectivity index (χ1n) is 4.53. The van der Waals surface area contributed by atoms with E-state index in [0.717, 1.165) is 21.9 Å². The predicted molar refractivity (Wildman–Crippen MR) is 61.3 cm³/mol. The molecule has 0 amide bonds. The van der Waals surface area contributed by atoms with Gasteiger partial charge in [-0.2, -0.15) is 0 Å². The van der Waals surface area contributed by atoms with E-state index in [1.165, 1.54) is 0 Å². The van der Waals surface area contributed by atoms with Crippen LogP contribution in [-0.4, -0.2) is 16.1 Å². The number of nitrogens with zero attached hydrogens (tertiary/aromatic N) is 1. The lowest BCUT2D eigenvalue weighted by atomic mass is 10.1. The van der Waals surface area contributed by atoms with E-state index >= 15 is 0 Å². The first-order chi connectivity index (χ1) is 7.58. The third-order valence-corrected chi connectivity index (χ3v) is 2.73. The molecular weight excluding hydrogens is 274 g/mol. The summed E-state index contributed by atoms with van der Waals surface area (Å²) in [5.41, 5.74) is 1.74. The number of carboxylic acid groups (broad SMARTS) is 1. The largest absolute Gasteiger partial charge is 0.476 e. The lowest BCUT2D eigenvalue weighted by Crippen LogP contribution is -1.95. The van der Waals surface area contributed by atoms with Crippen molar-refractivity contribution >= 4 is 21.9 Å². The lowest BCUT2D eigenvalue weighted by molar-refractivity contribution is 0.0690. The number of hydrogen-bond donors (Lipinski definition) is 1. The van der Waals surface area contributed by atoms with Gasteiger partial charge in [-0.1, -0.05) is 6.07 Å². The summed E-state index contributed by atoms with van der Waals surface area (Å²) >= 11 is 3.38. The fraction of sp³-hybridized carbons (Fsp3) is 0.0909. The van der Waals surface area contributed by atoms with E-state index in [0.29, 0.717) is 5.89 Å². The van der Waals surface area contributed by atoms with Crippen LogP contribution in [-0.2, 0) is 0 Å². The Balaban J connectivity index is 2.46. The van der Waals surface area contributed by atoms with Gasteiger partial charge in [-0.3, -0.25) is 0 Å². The zero-order valence-corrected chi connectivity index (χ0v) is 9.98. The summed E-state index contributed by atoms with van der Waals surface area (Å²) < 4.78 is 5.94. The molecule has 82 valence electrons. The van der Waals surface area contributed by atoms with E-state index in [1.807, 2.05) is 25.1 Å². The monoisotopic (exact) mass is 281 g/mol. The molecule has 0 unspecified atom stereocenters. The molecule has 0 bridgehead atoms. The van der Waals surface area contributed by atoms with Crippen LogP contribution in [0.15, 0.2) is 33.4 Å². The van der Waals surface area contributed by atoms with Crippen molar-refractivity contribution in [2.45, 2.75) is 6.92 Å². The lowest BCUT2D eigenvalue weighted by Gasteiger charge is -2.00. The Morgan fingerprint density at radius 2 is 2.25 bits per heavy atom. The smallest absolute Gasteiger partial charge is 0.357 e. The van der Waals surface area contributed by atoms with Crippen molar-refractivity contribution in [3.8, 4) is 11.5 Å². The highest BCUT2D eigenvalue weighted by molar-refractivity contribution is 9.10. The average Bonchev–Trinajstić information content (AvgIpc) is 2.66. The highest BCUT2D eigenvalue weighted by atomic mass is 79.9. The van der Waals surface area contributed by atoms with Crippen molar-refractivity contribution in [2.75, 3.05) is 0 Å². The number of benzene rings is 1. The molecule has 16 heavy (non-hydrogen) atoms. The minimum absolute atomic E-state index is 0.0949. The first kappa shape index (κ1) is 10.9. The second-order valence-corrected chi connectivity index (χ2v) is 4.18. The molecule has 0 aliphatic heterocycles. The standard InChI is InChI=1S/C11H8BrNO3/c1-6-2-3-7(8(12)4-6)10-13-9(5-16-10)11(14)15/h2-5H,1H3,(H,14,15).